The van der Waals surface area contributed by atoms with Crippen molar-refractivity contribution in [3.8, 4) is 0 Å². The maximum atomic E-state index is 10.2. The number of nitrogens with zero attached hydrogens (tertiary/aromatic N) is 3. The van der Waals surface area contributed by atoms with E-state index in [1.807, 2.05) is 19.4 Å². The molecule has 0 bridgehead atoms. The predicted octanol–water partition coefficient (Wildman–Crippen LogP) is 1.45. The van der Waals surface area contributed by atoms with Crippen LogP contribution in [0.2, 0.25) is 0 Å². The molecule has 0 saturated heterocycles. The smallest absolute Gasteiger partial charge is 1.00 e. The van der Waals surface area contributed by atoms with E-state index >= 15 is 0 Å². The van der Waals surface area contributed by atoms with E-state index < -0.39 is 10.4 Å². The second-order valence-electron chi connectivity index (χ2n) is 8.59. The maximum absolute atomic E-state index is 10.2. The SMILES string of the molecule is CCCCCCCCCCCCOS(=O)(=O)O.Cc1ncc(C[n+]2csc(CCO)c2C)c(N)n1.[H-].[Na+]. The van der Waals surface area contributed by atoms with E-state index in [2.05, 4.69) is 25.6 Å². The number of aromatic nitrogens is 3. The second-order valence-corrected chi connectivity index (χ2v) is 10.6. The molecule has 0 unspecified atom stereocenters. The van der Waals surface area contributed by atoms with E-state index in [9.17, 15) is 8.42 Å². The fourth-order valence-corrected chi connectivity index (χ4v) is 4.83. The molecular weight excluding hydrogens is 511 g/mol. The van der Waals surface area contributed by atoms with Gasteiger partial charge in [0.15, 0.2) is 12.2 Å². The molecule has 0 aliphatic heterocycles. The molecule has 0 aliphatic rings. The third kappa shape index (κ3) is 16.2. The van der Waals surface area contributed by atoms with E-state index in [0.717, 1.165) is 24.1 Å². The van der Waals surface area contributed by atoms with Crippen LogP contribution in [-0.4, -0.2) is 41.3 Å². The minimum absolute atomic E-state index is 0. The number of anilines is 1. The Morgan fingerprint density at radius 3 is 2.19 bits per heavy atom. The Morgan fingerprint density at radius 1 is 1.08 bits per heavy atom. The van der Waals surface area contributed by atoms with E-state index in [-0.39, 0.29) is 44.2 Å². The van der Waals surface area contributed by atoms with Gasteiger partial charge < -0.3 is 12.3 Å². The van der Waals surface area contributed by atoms with Crippen LogP contribution in [0.1, 0.15) is 94.5 Å². The molecule has 2 heterocycles. The van der Waals surface area contributed by atoms with Crippen LogP contribution in [0.5, 0.6) is 0 Å². The van der Waals surface area contributed by atoms with Crippen LogP contribution in [0.3, 0.4) is 0 Å². The standard InChI is InChI=1S/C12H17N4OS.C12H26O4S.Na.H/c1-8-11(3-4-17)18-7-16(8)6-10-5-14-9(2)15-12(10)13;1-2-3-4-5-6-7-8-9-10-11-12-16-17(13,14)15;;/h5,7,17H,3-4,6H2,1-2H3,(H2,13,14,15);2-12H2,1H3,(H,13,14,15);;/q+1;;+1;-1. The molecular formula is C24H44N4NaO5S2+. The number of nitrogen functional groups attached to an aromatic ring is 1. The molecule has 0 aliphatic carbocycles. The van der Waals surface area contributed by atoms with Crippen molar-refractivity contribution in [1.29, 1.82) is 0 Å². The Labute approximate surface area is 244 Å². The van der Waals surface area contributed by atoms with E-state index in [0.29, 0.717) is 31.0 Å². The first-order valence-corrected chi connectivity index (χ1v) is 14.7. The molecule has 0 atom stereocenters. The van der Waals surface area contributed by atoms with Crippen LogP contribution in [0.4, 0.5) is 5.82 Å². The number of aryl methyl sites for hydroxylation is 1. The Kier molecular flexibility index (Phi) is 19.9. The topological polar surface area (TPSA) is 140 Å². The van der Waals surface area contributed by atoms with Crippen molar-refractivity contribution in [1.82, 2.24) is 9.97 Å². The summed E-state index contributed by atoms with van der Waals surface area (Å²) in [6, 6.07) is 0. The maximum Gasteiger partial charge on any atom is 1.00 e. The zero-order valence-electron chi connectivity index (χ0n) is 23.4. The number of rotatable bonds is 16. The molecule has 0 saturated carbocycles. The predicted molar refractivity (Wildman–Crippen MR) is 141 cm³/mol. The van der Waals surface area contributed by atoms with Gasteiger partial charge in [0, 0.05) is 26.1 Å². The Morgan fingerprint density at radius 2 is 1.67 bits per heavy atom. The van der Waals surface area contributed by atoms with Crippen LogP contribution >= 0.6 is 11.3 Å². The van der Waals surface area contributed by atoms with E-state index in [4.69, 9.17) is 15.4 Å². The summed E-state index contributed by atoms with van der Waals surface area (Å²) in [6.07, 6.45) is 14.3. The van der Waals surface area contributed by atoms with Crippen LogP contribution in [0.15, 0.2) is 11.7 Å². The van der Waals surface area contributed by atoms with Gasteiger partial charge in [0.1, 0.15) is 11.6 Å². The van der Waals surface area contributed by atoms with Gasteiger partial charge in [0.25, 0.3) is 0 Å². The molecule has 2 aromatic rings. The van der Waals surface area contributed by atoms with Crippen molar-refractivity contribution in [3.63, 3.8) is 0 Å². The van der Waals surface area contributed by atoms with E-state index in [1.165, 1.54) is 49.8 Å². The summed E-state index contributed by atoms with van der Waals surface area (Å²) in [5, 5.41) is 8.98. The third-order valence-corrected chi connectivity index (χ3v) is 7.19. The number of nitrogens with two attached hydrogens (primary N) is 1. The monoisotopic (exact) mass is 555 g/mol. The number of unbranched alkanes of at least 4 members (excludes halogenated alkanes) is 9. The molecule has 0 aromatic carbocycles. The summed E-state index contributed by atoms with van der Waals surface area (Å²) in [6.45, 7) is 7.02. The minimum Gasteiger partial charge on any atom is -1.00 e. The Balaban J connectivity index is 0. The van der Waals surface area contributed by atoms with Crippen molar-refractivity contribution in [2.75, 3.05) is 18.9 Å². The molecule has 0 radical (unpaired) electrons. The first kappa shape index (κ1) is 35.3. The van der Waals surface area contributed by atoms with Crippen molar-refractivity contribution in [2.24, 2.45) is 0 Å². The van der Waals surface area contributed by atoms with Crippen LogP contribution in [0.25, 0.3) is 0 Å². The van der Waals surface area contributed by atoms with Crippen LogP contribution in [-0.2, 0) is 27.5 Å². The van der Waals surface area contributed by atoms with Crippen molar-refractivity contribution < 1.29 is 57.8 Å². The molecule has 2 aromatic heterocycles. The van der Waals surface area contributed by atoms with Crippen molar-refractivity contribution in [2.45, 2.75) is 97.9 Å². The number of aliphatic hydroxyl groups is 1. The zero-order chi connectivity index (χ0) is 26.1. The van der Waals surface area contributed by atoms with Gasteiger partial charge >= 0.3 is 40.0 Å². The number of hydrogen-bond acceptors (Lipinski definition) is 8. The zero-order valence-corrected chi connectivity index (χ0v) is 26.0. The molecule has 202 valence electrons. The second kappa shape index (κ2) is 20.3. The van der Waals surface area contributed by atoms with Gasteiger partial charge in [-0.25, -0.2) is 14.2 Å². The summed E-state index contributed by atoms with van der Waals surface area (Å²) in [4.78, 5) is 9.53. The van der Waals surface area contributed by atoms with Gasteiger partial charge in [-0.2, -0.15) is 13.0 Å². The van der Waals surface area contributed by atoms with Gasteiger partial charge in [0.2, 0.25) is 5.51 Å². The number of thiazole rings is 1. The van der Waals surface area contributed by atoms with Crippen LogP contribution < -0.4 is 39.9 Å². The van der Waals surface area contributed by atoms with Gasteiger partial charge in [0.05, 0.1) is 17.0 Å². The average molecular weight is 556 g/mol. The van der Waals surface area contributed by atoms with Gasteiger partial charge in [-0.1, -0.05) is 76.0 Å². The molecule has 0 amide bonds. The van der Waals surface area contributed by atoms with Crippen molar-refractivity contribution >= 4 is 27.6 Å². The number of hydrogen-bond donors (Lipinski definition) is 3. The van der Waals surface area contributed by atoms with Gasteiger partial charge in [-0.15, -0.1) is 0 Å². The molecule has 4 N–H and O–H groups in total. The molecule has 0 spiro atoms. The molecule has 9 nitrogen and oxygen atoms in total. The van der Waals surface area contributed by atoms with Gasteiger partial charge in [-0.3, -0.25) is 4.55 Å². The molecule has 0 fully saturated rings. The first-order chi connectivity index (χ1) is 16.7. The van der Waals surface area contributed by atoms with Gasteiger partial charge in [-0.05, 0) is 13.3 Å². The largest absolute Gasteiger partial charge is 1.00 e. The fraction of sp³-hybridized carbons (Fsp3) is 0.708. The first-order valence-electron chi connectivity index (χ1n) is 12.4. The Bertz CT molecular complexity index is 965. The fourth-order valence-electron chi connectivity index (χ4n) is 3.52. The summed E-state index contributed by atoms with van der Waals surface area (Å²) in [5.74, 6) is 1.22. The van der Waals surface area contributed by atoms with Crippen molar-refractivity contribution in [3.05, 3.63) is 33.7 Å². The summed E-state index contributed by atoms with van der Waals surface area (Å²) in [5.41, 5.74) is 10.0. The molecule has 36 heavy (non-hydrogen) atoms. The molecule has 2 rings (SSSR count). The summed E-state index contributed by atoms with van der Waals surface area (Å²) >= 11 is 1.65. The average Bonchev–Trinajstić information content (AvgIpc) is 3.13. The minimum atomic E-state index is -4.23. The normalized spacial score (nSPS) is 11.0. The summed E-state index contributed by atoms with van der Waals surface area (Å²) < 4.78 is 35.1. The summed E-state index contributed by atoms with van der Waals surface area (Å²) in [7, 11) is -4.23. The quantitative estimate of drug-likeness (QED) is 0.122. The van der Waals surface area contributed by atoms with E-state index in [1.54, 1.807) is 17.5 Å². The molecule has 12 heteroatoms. The third-order valence-electron chi connectivity index (χ3n) is 5.58. The Hall–Kier alpha value is -0.660. The van der Waals surface area contributed by atoms with Crippen LogP contribution in [0, 0.1) is 13.8 Å². The number of aliphatic hydroxyl groups excluding tert-OH is 1.